The Bertz CT molecular complexity index is 372. The van der Waals surface area contributed by atoms with Crippen molar-refractivity contribution >= 4 is 10.8 Å². The first-order chi connectivity index (χ1) is 8.28. The first-order valence-corrected chi connectivity index (χ1v) is 7.45. The molecule has 1 aromatic rings. The summed E-state index contributed by atoms with van der Waals surface area (Å²) < 4.78 is 22.9. The maximum Gasteiger partial charge on any atom is 0.117 e. The fourth-order valence-corrected chi connectivity index (χ4v) is 3.24. The van der Waals surface area contributed by atoms with E-state index < -0.39 is 10.8 Å². The maximum atomic E-state index is 11.9. The summed E-state index contributed by atoms with van der Waals surface area (Å²) in [4.78, 5) is 0. The maximum absolute atomic E-state index is 11.9. The SMILES string of the molecule is CNCc1ccc(CS(=O)CC2CCCO2)o1. The van der Waals surface area contributed by atoms with Crippen LogP contribution in [0.2, 0.25) is 0 Å². The van der Waals surface area contributed by atoms with Crippen LogP contribution >= 0.6 is 0 Å². The van der Waals surface area contributed by atoms with Crippen LogP contribution in [0.5, 0.6) is 0 Å². The average Bonchev–Trinajstić information content (AvgIpc) is 2.91. The van der Waals surface area contributed by atoms with Gasteiger partial charge in [-0.1, -0.05) is 0 Å². The lowest BCUT2D eigenvalue weighted by Gasteiger charge is -2.07. The van der Waals surface area contributed by atoms with Crippen LogP contribution in [0.15, 0.2) is 16.5 Å². The smallest absolute Gasteiger partial charge is 0.117 e. The summed E-state index contributed by atoms with van der Waals surface area (Å²) in [5.41, 5.74) is 0. The van der Waals surface area contributed by atoms with Crippen molar-refractivity contribution in [2.45, 2.75) is 31.2 Å². The molecule has 1 aliphatic heterocycles. The minimum atomic E-state index is -0.891. The molecule has 96 valence electrons. The quantitative estimate of drug-likeness (QED) is 0.837. The molecule has 1 aromatic heterocycles. The van der Waals surface area contributed by atoms with E-state index in [4.69, 9.17) is 9.15 Å². The van der Waals surface area contributed by atoms with Crippen LogP contribution in [0.3, 0.4) is 0 Å². The molecule has 1 fully saturated rings. The third kappa shape index (κ3) is 3.94. The molecule has 5 heteroatoms. The molecule has 0 saturated carbocycles. The molecule has 2 heterocycles. The molecule has 4 nitrogen and oxygen atoms in total. The van der Waals surface area contributed by atoms with Gasteiger partial charge in [0.05, 0.1) is 24.2 Å². The molecular formula is C12H19NO3S. The van der Waals surface area contributed by atoms with E-state index in [-0.39, 0.29) is 6.10 Å². The number of hydrogen-bond acceptors (Lipinski definition) is 4. The van der Waals surface area contributed by atoms with E-state index in [1.165, 1.54) is 0 Å². The Morgan fingerprint density at radius 3 is 3.00 bits per heavy atom. The van der Waals surface area contributed by atoms with Crippen molar-refractivity contribution in [3.63, 3.8) is 0 Å². The van der Waals surface area contributed by atoms with Gasteiger partial charge in [-0.2, -0.15) is 0 Å². The van der Waals surface area contributed by atoms with Gasteiger partial charge in [0, 0.05) is 17.4 Å². The van der Waals surface area contributed by atoms with Gasteiger partial charge in [0.2, 0.25) is 0 Å². The van der Waals surface area contributed by atoms with E-state index in [0.717, 1.165) is 31.0 Å². The van der Waals surface area contributed by atoms with Crippen molar-refractivity contribution in [3.05, 3.63) is 23.7 Å². The standard InChI is InChI=1S/C12H19NO3S/c1-13-7-10-4-5-12(16-10)9-17(14)8-11-3-2-6-15-11/h4-5,11,13H,2-3,6-9H2,1H3. The predicted molar refractivity (Wildman–Crippen MR) is 67.2 cm³/mol. The number of furan rings is 1. The summed E-state index contributed by atoms with van der Waals surface area (Å²) in [5, 5.41) is 3.02. The summed E-state index contributed by atoms with van der Waals surface area (Å²) in [6, 6.07) is 3.83. The van der Waals surface area contributed by atoms with Crippen LogP contribution in [0.4, 0.5) is 0 Å². The number of nitrogens with one attached hydrogen (secondary N) is 1. The Hall–Kier alpha value is -0.650. The molecule has 17 heavy (non-hydrogen) atoms. The van der Waals surface area contributed by atoms with Gasteiger partial charge in [-0.15, -0.1) is 0 Å². The first kappa shape index (κ1) is 12.8. The molecule has 0 spiro atoms. The van der Waals surface area contributed by atoms with Gasteiger partial charge in [-0.05, 0) is 32.0 Å². The van der Waals surface area contributed by atoms with E-state index in [2.05, 4.69) is 5.32 Å². The Morgan fingerprint density at radius 1 is 1.47 bits per heavy atom. The highest BCUT2D eigenvalue weighted by molar-refractivity contribution is 7.84. The van der Waals surface area contributed by atoms with Crippen LogP contribution in [0, 0.1) is 0 Å². The first-order valence-electron chi connectivity index (χ1n) is 5.96. The van der Waals surface area contributed by atoms with E-state index in [1.807, 2.05) is 19.2 Å². The van der Waals surface area contributed by atoms with Gasteiger partial charge in [0.1, 0.15) is 11.5 Å². The second-order valence-corrected chi connectivity index (χ2v) is 5.79. The van der Waals surface area contributed by atoms with Crippen molar-refractivity contribution in [2.75, 3.05) is 19.4 Å². The second kappa shape index (κ2) is 6.33. The van der Waals surface area contributed by atoms with E-state index in [0.29, 0.717) is 18.1 Å². The third-order valence-electron chi connectivity index (χ3n) is 2.77. The van der Waals surface area contributed by atoms with Gasteiger partial charge in [0.25, 0.3) is 0 Å². The van der Waals surface area contributed by atoms with E-state index >= 15 is 0 Å². The van der Waals surface area contributed by atoms with E-state index in [9.17, 15) is 4.21 Å². The van der Waals surface area contributed by atoms with Crippen LogP contribution in [-0.2, 0) is 27.8 Å². The zero-order valence-electron chi connectivity index (χ0n) is 10.1. The van der Waals surface area contributed by atoms with Crippen LogP contribution in [0.1, 0.15) is 24.4 Å². The fraction of sp³-hybridized carbons (Fsp3) is 0.667. The molecule has 2 unspecified atom stereocenters. The van der Waals surface area contributed by atoms with Crippen LogP contribution in [-0.4, -0.2) is 29.7 Å². The van der Waals surface area contributed by atoms with Gasteiger partial charge in [-0.25, -0.2) is 0 Å². The van der Waals surface area contributed by atoms with Gasteiger partial charge >= 0.3 is 0 Å². The molecule has 2 atom stereocenters. The third-order valence-corrected chi connectivity index (χ3v) is 4.12. The molecule has 1 N–H and O–H groups in total. The number of hydrogen-bond donors (Lipinski definition) is 1. The van der Waals surface area contributed by atoms with Crippen molar-refractivity contribution < 1.29 is 13.4 Å². The topological polar surface area (TPSA) is 51.5 Å². The van der Waals surface area contributed by atoms with Gasteiger partial charge < -0.3 is 14.5 Å². The molecule has 1 aliphatic rings. The van der Waals surface area contributed by atoms with Crippen molar-refractivity contribution in [2.24, 2.45) is 0 Å². The molecular weight excluding hydrogens is 238 g/mol. The zero-order chi connectivity index (χ0) is 12.1. The molecule has 0 bridgehead atoms. The summed E-state index contributed by atoms with van der Waals surface area (Å²) in [6.45, 7) is 1.52. The summed E-state index contributed by atoms with van der Waals surface area (Å²) in [5.74, 6) is 2.80. The largest absolute Gasteiger partial charge is 0.464 e. The molecule has 2 rings (SSSR count). The Morgan fingerprint density at radius 2 is 2.29 bits per heavy atom. The molecule has 0 aromatic carbocycles. The lowest BCUT2D eigenvalue weighted by Crippen LogP contribution is -2.16. The molecule has 0 radical (unpaired) electrons. The van der Waals surface area contributed by atoms with Crippen molar-refractivity contribution in [1.82, 2.24) is 5.32 Å². The Labute approximate surface area is 104 Å². The lowest BCUT2D eigenvalue weighted by molar-refractivity contribution is 0.128. The van der Waals surface area contributed by atoms with Gasteiger partial charge in [0.15, 0.2) is 0 Å². The zero-order valence-corrected chi connectivity index (χ0v) is 10.9. The van der Waals surface area contributed by atoms with Crippen LogP contribution in [0.25, 0.3) is 0 Å². The molecule has 1 saturated heterocycles. The monoisotopic (exact) mass is 257 g/mol. The van der Waals surface area contributed by atoms with Crippen LogP contribution < -0.4 is 5.32 Å². The second-order valence-electron chi connectivity index (χ2n) is 4.28. The van der Waals surface area contributed by atoms with Crippen molar-refractivity contribution in [1.29, 1.82) is 0 Å². The van der Waals surface area contributed by atoms with Crippen molar-refractivity contribution in [3.8, 4) is 0 Å². The number of rotatable bonds is 6. The minimum Gasteiger partial charge on any atom is -0.464 e. The summed E-state index contributed by atoms with van der Waals surface area (Å²) in [6.07, 6.45) is 2.31. The average molecular weight is 257 g/mol. The van der Waals surface area contributed by atoms with Gasteiger partial charge in [-0.3, -0.25) is 4.21 Å². The lowest BCUT2D eigenvalue weighted by atomic mass is 10.3. The highest BCUT2D eigenvalue weighted by Gasteiger charge is 2.19. The normalized spacial score (nSPS) is 21.8. The molecule has 0 aliphatic carbocycles. The summed E-state index contributed by atoms with van der Waals surface area (Å²) in [7, 11) is 0.982. The Kier molecular flexibility index (Phi) is 4.76. The predicted octanol–water partition coefficient (Wildman–Crippen LogP) is 1.43. The Balaban J connectivity index is 1.80. The highest BCUT2D eigenvalue weighted by Crippen LogP contribution is 2.15. The highest BCUT2D eigenvalue weighted by atomic mass is 32.2. The fourth-order valence-electron chi connectivity index (χ4n) is 1.97. The number of ether oxygens (including phenoxy) is 1. The molecule has 0 amide bonds. The summed E-state index contributed by atoms with van der Waals surface area (Å²) >= 11 is 0. The minimum absolute atomic E-state index is 0.183. The van der Waals surface area contributed by atoms with E-state index in [1.54, 1.807) is 0 Å².